The summed E-state index contributed by atoms with van der Waals surface area (Å²) in [7, 11) is 5.87. The largest absolute Gasteiger partial charge is 0.497 e. The number of nitrogens with two attached hydrogens (primary N) is 1. The number of halogens is 3. The highest BCUT2D eigenvalue weighted by atomic mass is 35.5. The highest BCUT2D eigenvalue weighted by Gasteiger charge is 2.41. The van der Waals surface area contributed by atoms with Crippen molar-refractivity contribution in [3.8, 4) is 11.5 Å². The molecule has 1 aromatic carbocycles. The van der Waals surface area contributed by atoms with E-state index in [1.54, 1.807) is 25.3 Å². The van der Waals surface area contributed by atoms with Gasteiger partial charge in [-0.05, 0) is 156 Å². The Balaban J connectivity index is 0.000000198. The lowest BCUT2D eigenvalue weighted by Crippen LogP contribution is -2.61. The Labute approximate surface area is 684 Å². The van der Waals surface area contributed by atoms with Crippen LogP contribution in [0.5, 0.6) is 11.5 Å². The van der Waals surface area contributed by atoms with E-state index in [0.717, 1.165) is 132 Å². The number of methoxy groups -OCH3 is 4. The maximum atomic E-state index is 13.7. The first kappa shape index (κ1) is 93.4. The molecule has 1 aliphatic carbocycles. The number of piperazine rings is 4. The van der Waals surface area contributed by atoms with Crippen LogP contribution < -0.4 is 72.4 Å². The number of nitrogens with one attached hydrogen (secondary N) is 8. The van der Waals surface area contributed by atoms with E-state index in [9.17, 15) is 37.5 Å². The average molecular weight is 1630 g/mol. The molecule has 7 fully saturated rings. The van der Waals surface area contributed by atoms with Crippen LogP contribution in [0.3, 0.4) is 0 Å². The molecule has 6 aliphatic heterocycles. The number of carbonyl (C=O) groups is 6. The Morgan fingerprint density at radius 2 is 1.25 bits per heavy atom. The SMILES string of the molecule is CC(C)(C)c1cc(C2CCC(F)(F)CC2)nc2cc(C(=O)N3CCNCC3(C)C)oc12.CC1(C)CC(=O)NCCN1.CC1(C)CNC(=O)CCN1.COC(=O)c1ccc(N2CCNC(C)(C)C2)nc1N.COC(=O)c1cnc(N2CCNC(C)(C)C2)cc1OC.COc1ccc(Cn2cc(C)cc2N2CCNC(C)(C)C2=O)cc1.Cl. The van der Waals surface area contributed by atoms with Crippen LogP contribution in [-0.4, -0.2) is 226 Å². The van der Waals surface area contributed by atoms with Gasteiger partial charge in [0.15, 0.2) is 11.3 Å². The summed E-state index contributed by atoms with van der Waals surface area (Å²) >= 11 is 0. The van der Waals surface area contributed by atoms with Crippen molar-refractivity contribution in [2.75, 3.05) is 147 Å². The topological polar surface area (TPSA) is 331 Å². The molecule has 11 heterocycles. The number of hydrogen-bond donors (Lipinski definition) is 9. The maximum Gasteiger partial charge on any atom is 0.343 e. The zero-order valence-corrected chi connectivity index (χ0v) is 72.2. The number of nitrogens with zero attached hydrogens (tertiary/aromatic N) is 8. The van der Waals surface area contributed by atoms with Gasteiger partial charge in [-0.15, -0.1) is 12.4 Å². The zero-order valence-electron chi connectivity index (χ0n) is 71.4. The molecule has 0 spiro atoms. The van der Waals surface area contributed by atoms with Gasteiger partial charge in [0.2, 0.25) is 23.6 Å². The number of nitrogen functional groups attached to an aromatic ring is 1. The second kappa shape index (κ2) is 39.4. The Kier molecular flexibility index (Phi) is 32.0. The minimum absolute atomic E-state index is 0. The summed E-state index contributed by atoms with van der Waals surface area (Å²) in [5.41, 5.74) is 10.9. The molecule has 0 radical (unpaired) electrons. The van der Waals surface area contributed by atoms with E-state index in [-0.39, 0.29) is 99.5 Å². The van der Waals surface area contributed by atoms with Crippen LogP contribution in [0.15, 0.2) is 77.5 Å². The Morgan fingerprint density at radius 3 is 1.84 bits per heavy atom. The highest BCUT2D eigenvalue weighted by molar-refractivity contribution is 6.00. The molecule has 28 nitrogen and oxygen atoms in total. The van der Waals surface area contributed by atoms with Crippen molar-refractivity contribution < 1.29 is 60.9 Å². The minimum Gasteiger partial charge on any atom is -0.497 e. The lowest BCUT2D eigenvalue weighted by atomic mass is 9.81. The number of ether oxygens (including phenoxy) is 4. The van der Waals surface area contributed by atoms with Crippen LogP contribution >= 0.6 is 12.4 Å². The predicted octanol–water partition coefficient (Wildman–Crippen LogP) is 9.68. The van der Waals surface area contributed by atoms with Crippen LogP contribution in [0.2, 0.25) is 0 Å². The number of fused-ring (bicyclic) bond motifs is 1. The minimum atomic E-state index is -2.57. The molecule has 6 aromatic rings. The van der Waals surface area contributed by atoms with Gasteiger partial charge in [-0.2, -0.15) is 0 Å². The van der Waals surface area contributed by atoms with E-state index in [2.05, 4.69) is 165 Å². The molecule has 10 N–H and O–H groups in total. The van der Waals surface area contributed by atoms with Gasteiger partial charge in [-0.25, -0.2) is 33.3 Å². The fraction of sp³-hybridized carbons (Fsp3) is 0.607. The van der Waals surface area contributed by atoms with Gasteiger partial charge in [0.1, 0.15) is 51.4 Å². The summed E-state index contributed by atoms with van der Waals surface area (Å²) in [6.45, 7) is 45.8. The molecule has 636 valence electrons. The monoisotopic (exact) mass is 1620 g/mol. The van der Waals surface area contributed by atoms with Gasteiger partial charge in [-0.3, -0.25) is 24.1 Å². The number of furan rings is 1. The number of amides is 4. The van der Waals surface area contributed by atoms with Crippen LogP contribution in [0.25, 0.3) is 11.1 Å². The van der Waals surface area contributed by atoms with E-state index < -0.39 is 23.4 Å². The number of rotatable bonds is 11. The van der Waals surface area contributed by atoms with E-state index in [1.807, 2.05) is 75.6 Å². The fourth-order valence-corrected chi connectivity index (χ4v) is 14.6. The molecule has 0 atom stereocenters. The van der Waals surface area contributed by atoms with Gasteiger partial charge >= 0.3 is 11.9 Å². The number of aromatic nitrogens is 4. The number of carbonyl (C=O) groups excluding carboxylic acids is 6. The van der Waals surface area contributed by atoms with Crippen molar-refractivity contribution in [3.05, 3.63) is 112 Å². The summed E-state index contributed by atoms with van der Waals surface area (Å²) < 4.78 is 55.4. The highest BCUT2D eigenvalue weighted by Crippen LogP contribution is 2.43. The average Bonchev–Trinajstić information content (AvgIpc) is 1.64. The molecule has 1 saturated carbocycles. The molecule has 6 saturated heterocycles. The number of pyridine rings is 3. The van der Waals surface area contributed by atoms with Crippen molar-refractivity contribution in [2.24, 2.45) is 0 Å². The van der Waals surface area contributed by atoms with Crippen molar-refractivity contribution in [2.45, 2.75) is 206 Å². The summed E-state index contributed by atoms with van der Waals surface area (Å²) in [6.07, 6.45) is 5.43. The molecule has 115 heavy (non-hydrogen) atoms. The smallest absolute Gasteiger partial charge is 0.343 e. The number of benzene rings is 1. The Hall–Kier alpha value is -8.78. The quantitative estimate of drug-likeness (QED) is 0.0545. The van der Waals surface area contributed by atoms with Gasteiger partial charge in [0.05, 0.1) is 39.5 Å². The number of hydrogen-bond acceptors (Lipinski definition) is 23. The third-order valence-corrected chi connectivity index (χ3v) is 21.1. The first-order chi connectivity index (χ1) is 53.4. The molecule has 13 rings (SSSR count). The van der Waals surface area contributed by atoms with Gasteiger partial charge in [0, 0.05) is 194 Å². The molecule has 7 aliphatic rings. The summed E-state index contributed by atoms with van der Waals surface area (Å²) in [4.78, 5) is 92.5. The third-order valence-electron chi connectivity index (χ3n) is 21.1. The fourth-order valence-electron chi connectivity index (χ4n) is 14.6. The molecule has 0 unspecified atom stereocenters. The number of esters is 2. The van der Waals surface area contributed by atoms with Gasteiger partial charge in [-0.1, -0.05) is 32.9 Å². The van der Waals surface area contributed by atoms with Gasteiger partial charge < -0.3 is 90.9 Å². The molecule has 5 aromatic heterocycles. The van der Waals surface area contributed by atoms with E-state index in [1.165, 1.54) is 33.1 Å². The molecule has 31 heteroatoms. The molecule has 0 bridgehead atoms. The summed E-state index contributed by atoms with van der Waals surface area (Å²) in [5, 5.41) is 25.7. The first-order valence-corrected chi connectivity index (χ1v) is 39.6. The van der Waals surface area contributed by atoms with E-state index >= 15 is 0 Å². The second-order valence-corrected chi connectivity index (χ2v) is 35.1. The van der Waals surface area contributed by atoms with Crippen LogP contribution in [0, 0.1) is 6.92 Å². The van der Waals surface area contributed by atoms with Crippen LogP contribution in [-0.2, 0) is 35.8 Å². The van der Waals surface area contributed by atoms with Gasteiger partial charge in [0.25, 0.3) is 5.91 Å². The third kappa shape index (κ3) is 26.4. The van der Waals surface area contributed by atoms with E-state index in [0.29, 0.717) is 66.7 Å². The second-order valence-electron chi connectivity index (χ2n) is 35.1. The standard InChI is InChI=1S/C24H33F2N3O2.C19H25N3O2.C14H21N3O3.C13H20N4O2.2C7H14N2O.ClH/c1-22(2,3)16-12-17(15-6-8-24(25,26)9-7-15)28-18-13-19(31-20(16)18)21(30)29-11-10-27-14-23(29,4)5;1-14-11-17(22-10-9-20-19(2,3)18(22)23)21(12-14)13-15-5-7-16(24-4)8-6-15;1-14(2)9-17(6-5-16-14)12-7-11(19-3)10(8-15-12)13(18)20-4;1-13(2)8-17(7-6-15-13)10-5-4-9(11(14)16-10)12(18)19-3;1-7(2)5-6(10)8-3-4-9-7;1-7(2)5-8-6(10)3-4-9-7;/h12-13,15,27H,6-11,14H2,1-5H3;5-8,11-12,20H,9-10,13H2,1-4H3;7-8,16H,5-6,9H2,1-4H3;4-5,15H,6-8H2,1-3H3,(H2,14,16);2*9H,3-5H2,1-2H3,(H,8,10);1H. The van der Waals surface area contributed by atoms with Crippen molar-refractivity contribution in [1.82, 2.24) is 67.0 Å². The number of alkyl halides is 2. The lowest BCUT2D eigenvalue weighted by Gasteiger charge is -2.42. The zero-order chi connectivity index (χ0) is 83.9. The number of aryl methyl sites for hydroxylation is 1. The van der Waals surface area contributed by atoms with Crippen molar-refractivity contribution in [3.63, 3.8) is 0 Å². The van der Waals surface area contributed by atoms with Crippen LogP contribution in [0.1, 0.15) is 202 Å². The van der Waals surface area contributed by atoms with E-state index in [4.69, 9.17) is 29.3 Å². The number of anilines is 4. The van der Waals surface area contributed by atoms with Crippen molar-refractivity contribution >= 4 is 82.3 Å². The molecule has 4 amide bonds. The Morgan fingerprint density at radius 1 is 0.643 bits per heavy atom. The van der Waals surface area contributed by atoms with Crippen LogP contribution in [0.4, 0.5) is 32.1 Å². The normalized spacial score (nSPS) is 20.0. The molecular weight excluding hydrogens is 1500 g/mol. The summed E-state index contributed by atoms with van der Waals surface area (Å²) in [5.74, 6) is 1.20. The molecular formula is C84H128ClF2N17O11. The first-order valence-electron chi connectivity index (χ1n) is 39.6. The lowest BCUT2D eigenvalue weighted by molar-refractivity contribution is -0.125. The summed E-state index contributed by atoms with van der Waals surface area (Å²) in [6, 6.07) is 19.1. The van der Waals surface area contributed by atoms with Crippen molar-refractivity contribution in [1.29, 1.82) is 0 Å². The maximum absolute atomic E-state index is 13.7. The Bertz CT molecular complexity index is 4280. The predicted molar refractivity (Wildman–Crippen MR) is 450 cm³/mol.